The number of hydrogen-bond acceptors (Lipinski definition) is 5. The molecule has 0 fully saturated rings. The zero-order chi connectivity index (χ0) is 9.84. The van der Waals surface area contributed by atoms with Crippen LogP contribution in [-0.2, 0) is 4.74 Å². The lowest BCUT2D eigenvalue weighted by Gasteiger charge is -2.01. The molecular weight excluding hydrogens is 172 g/mol. The largest absolute Gasteiger partial charge is 0.385 e. The highest BCUT2D eigenvalue weighted by Gasteiger charge is 2.17. The first kappa shape index (κ1) is 10.1. The molecule has 2 atom stereocenters. The summed E-state index contributed by atoms with van der Waals surface area (Å²) in [5.74, 6) is 0.714. The molecule has 5 nitrogen and oxygen atoms in total. The number of aliphatic hydroxyl groups is 1. The first-order valence-corrected chi connectivity index (χ1v) is 4.23. The quantitative estimate of drug-likeness (QED) is 0.765. The Morgan fingerprint density at radius 1 is 1.62 bits per heavy atom. The van der Waals surface area contributed by atoms with Crippen molar-refractivity contribution < 1.29 is 14.4 Å². The maximum atomic E-state index is 9.37. The van der Waals surface area contributed by atoms with Gasteiger partial charge in [-0.05, 0) is 13.3 Å². The molecule has 0 aliphatic rings. The predicted octanol–water partition coefficient (Wildman–Crippen LogP) is 1.22. The van der Waals surface area contributed by atoms with E-state index in [1.54, 1.807) is 14.0 Å². The second-order valence-electron chi connectivity index (χ2n) is 2.79. The summed E-state index contributed by atoms with van der Waals surface area (Å²) < 4.78 is 9.88. The van der Waals surface area contributed by atoms with Gasteiger partial charge in [0.15, 0.2) is 5.82 Å². The zero-order valence-electron chi connectivity index (χ0n) is 8.02. The summed E-state index contributed by atoms with van der Waals surface area (Å²) in [4.78, 5) is 4.00. The molecule has 0 aromatic carbocycles. The van der Waals surface area contributed by atoms with Crippen molar-refractivity contribution in [1.29, 1.82) is 0 Å². The van der Waals surface area contributed by atoms with E-state index in [2.05, 4.69) is 10.1 Å². The average Bonchev–Trinajstić information content (AvgIpc) is 2.64. The van der Waals surface area contributed by atoms with Gasteiger partial charge in [0.05, 0.1) is 0 Å². The fourth-order valence-corrected chi connectivity index (χ4v) is 0.831. The maximum Gasteiger partial charge on any atom is 0.255 e. The van der Waals surface area contributed by atoms with E-state index in [9.17, 15) is 5.11 Å². The fraction of sp³-hybridized carbons (Fsp3) is 0.750. The van der Waals surface area contributed by atoms with Gasteiger partial charge < -0.3 is 14.4 Å². The van der Waals surface area contributed by atoms with Crippen LogP contribution in [0.2, 0.25) is 0 Å². The van der Waals surface area contributed by atoms with E-state index in [4.69, 9.17) is 9.26 Å². The molecule has 5 heteroatoms. The van der Waals surface area contributed by atoms with Crippen molar-refractivity contribution in [2.24, 2.45) is 0 Å². The average molecular weight is 186 g/mol. The van der Waals surface area contributed by atoms with Crippen LogP contribution >= 0.6 is 0 Å². The van der Waals surface area contributed by atoms with Gasteiger partial charge in [-0.2, -0.15) is 4.98 Å². The molecule has 0 saturated carbocycles. The maximum absolute atomic E-state index is 9.37. The van der Waals surface area contributed by atoms with Crippen molar-refractivity contribution in [3.05, 3.63) is 11.7 Å². The number of methoxy groups -OCH3 is 1. The van der Waals surface area contributed by atoms with E-state index >= 15 is 0 Å². The van der Waals surface area contributed by atoms with Crippen LogP contribution in [0.1, 0.15) is 44.2 Å². The lowest BCUT2D eigenvalue weighted by molar-refractivity contribution is 0.0885. The van der Waals surface area contributed by atoms with Crippen molar-refractivity contribution in [2.45, 2.75) is 32.5 Å². The van der Waals surface area contributed by atoms with Crippen LogP contribution in [-0.4, -0.2) is 22.4 Å². The van der Waals surface area contributed by atoms with Gasteiger partial charge >= 0.3 is 0 Å². The van der Waals surface area contributed by atoms with Crippen LogP contribution in [0.4, 0.5) is 0 Å². The monoisotopic (exact) mass is 186 g/mol. The minimum Gasteiger partial charge on any atom is -0.385 e. The van der Waals surface area contributed by atoms with E-state index in [1.807, 2.05) is 6.92 Å². The molecular formula is C8H14N2O3. The van der Waals surface area contributed by atoms with Crippen molar-refractivity contribution in [2.75, 3.05) is 7.11 Å². The van der Waals surface area contributed by atoms with Gasteiger partial charge in [0.1, 0.15) is 12.2 Å². The molecule has 0 aliphatic heterocycles. The number of rotatable bonds is 4. The molecule has 1 aromatic heterocycles. The second kappa shape index (κ2) is 4.34. The third-order valence-electron chi connectivity index (χ3n) is 1.84. The SMILES string of the molecule is CCC(O)c1noc(C(C)OC)n1. The molecule has 1 heterocycles. The molecule has 0 amide bonds. The van der Waals surface area contributed by atoms with Crippen molar-refractivity contribution in [1.82, 2.24) is 10.1 Å². The Bertz CT molecular complexity index is 237. The first-order valence-electron chi connectivity index (χ1n) is 4.23. The third kappa shape index (κ3) is 2.26. The van der Waals surface area contributed by atoms with Gasteiger partial charge in [-0.15, -0.1) is 0 Å². The Labute approximate surface area is 76.7 Å². The van der Waals surface area contributed by atoms with Gasteiger partial charge in [-0.25, -0.2) is 0 Å². The van der Waals surface area contributed by atoms with E-state index in [1.165, 1.54) is 0 Å². The lowest BCUT2D eigenvalue weighted by atomic mass is 10.3. The molecule has 1 N–H and O–H groups in total. The summed E-state index contributed by atoms with van der Waals surface area (Å²) in [5, 5.41) is 13.0. The molecule has 0 radical (unpaired) electrons. The number of aliphatic hydroxyl groups excluding tert-OH is 1. The number of hydrogen-bond donors (Lipinski definition) is 1. The first-order chi connectivity index (χ1) is 6.19. The lowest BCUT2D eigenvalue weighted by Crippen LogP contribution is -2.00. The van der Waals surface area contributed by atoms with Gasteiger partial charge in [0.2, 0.25) is 0 Å². The van der Waals surface area contributed by atoms with E-state index in [-0.39, 0.29) is 6.10 Å². The topological polar surface area (TPSA) is 68.4 Å². The Morgan fingerprint density at radius 3 is 2.85 bits per heavy atom. The minimum absolute atomic E-state index is 0.231. The molecule has 0 saturated heterocycles. The Morgan fingerprint density at radius 2 is 2.31 bits per heavy atom. The van der Waals surface area contributed by atoms with Crippen LogP contribution < -0.4 is 0 Å². The highest BCUT2D eigenvalue weighted by atomic mass is 16.5. The van der Waals surface area contributed by atoms with Crippen LogP contribution in [0, 0.1) is 0 Å². The molecule has 0 aliphatic carbocycles. The van der Waals surface area contributed by atoms with Crippen molar-refractivity contribution in [3.63, 3.8) is 0 Å². The Kier molecular flexibility index (Phi) is 3.39. The normalized spacial score (nSPS) is 15.7. The summed E-state index contributed by atoms with van der Waals surface area (Å²) in [7, 11) is 1.56. The molecule has 1 rings (SSSR count). The summed E-state index contributed by atoms with van der Waals surface area (Å²) in [6.07, 6.45) is -0.313. The summed E-state index contributed by atoms with van der Waals surface area (Å²) in [5.41, 5.74) is 0. The summed E-state index contributed by atoms with van der Waals surface area (Å²) >= 11 is 0. The van der Waals surface area contributed by atoms with Gasteiger partial charge in [0.25, 0.3) is 5.89 Å². The van der Waals surface area contributed by atoms with E-state index in [0.29, 0.717) is 18.1 Å². The van der Waals surface area contributed by atoms with Gasteiger partial charge in [-0.3, -0.25) is 0 Å². The third-order valence-corrected chi connectivity index (χ3v) is 1.84. The van der Waals surface area contributed by atoms with Crippen molar-refractivity contribution >= 4 is 0 Å². The second-order valence-corrected chi connectivity index (χ2v) is 2.79. The van der Waals surface area contributed by atoms with Crippen LogP contribution in [0.25, 0.3) is 0 Å². The molecule has 0 bridgehead atoms. The van der Waals surface area contributed by atoms with Gasteiger partial charge in [-0.1, -0.05) is 12.1 Å². The molecule has 1 aromatic rings. The molecule has 2 unspecified atom stereocenters. The molecule has 0 spiro atoms. The van der Waals surface area contributed by atoms with Gasteiger partial charge in [0, 0.05) is 7.11 Å². The van der Waals surface area contributed by atoms with E-state index in [0.717, 1.165) is 0 Å². The summed E-state index contributed by atoms with van der Waals surface area (Å²) in [6, 6.07) is 0. The highest BCUT2D eigenvalue weighted by Crippen LogP contribution is 2.17. The Balaban J connectivity index is 2.74. The number of ether oxygens (including phenoxy) is 1. The van der Waals surface area contributed by atoms with E-state index < -0.39 is 6.10 Å². The number of nitrogens with zero attached hydrogens (tertiary/aromatic N) is 2. The standard InChI is InChI=1S/C8H14N2O3/c1-4-6(11)7-9-8(13-10-7)5(2)12-3/h5-6,11H,4H2,1-3H3. The van der Waals surface area contributed by atoms with Crippen LogP contribution in [0.15, 0.2) is 4.52 Å². The smallest absolute Gasteiger partial charge is 0.255 e. The Hall–Kier alpha value is -0.940. The van der Waals surface area contributed by atoms with Crippen LogP contribution in [0.5, 0.6) is 0 Å². The fourth-order valence-electron chi connectivity index (χ4n) is 0.831. The highest BCUT2D eigenvalue weighted by molar-refractivity contribution is 4.92. The van der Waals surface area contributed by atoms with Crippen LogP contribution in [0.3, 0.4) is 0 Å². The van der Waals surface area contributed by atoms with Crippen molar-refractivity contribution in [3.8, 4) is 0 Å². The molecule has 74 valence electrons. The summed E-state index contributed by atoms with van der Waals surface area (Å²) in [6.45, 7) is 3.65. The molecule has 13 heavy (non-hydrogen) atoms. The number of aromatic nitrogens is 2. The minimum atomic E-state index is -0.651. The predicted molar refractivity (Wildman–Crippen MR) is 45.0 cm³/mol. The zero-order valence-corrected chi connectivity index (χ0v) is 8.02.